The number of hydrogen-bond acceptors (Lipinski definition) is 4. The Labute approximate surface area is 132 Å². The van der Waals surface area contributed by atoms with E-state index in [4.69, 9.17) is 9.15 Å². The van der Waals surface area contributed by atoms with E-state index in [2.05, 4.69) is 11.8 Å². The summed E-state index contributed by atoms with van der Waals surface area (Å²) in [6.07, 6.45) is 0.509. The van der Waals surface area contributed by atoms with Crippen LogP contribution in [0.1, 0.15) is 24.9 Å². The first-order chi connectivity index (χ1) is 10.7. The van der Waals surface area contributed by atoms with Crippen molar-refractivity contribution >= 4 is 0 Å². The van der Waals surface area contributed by atoms with Crippen molar-refractivity contribution in [3.05, 3.63) is 54.0 Å². The number of aliphatic hydroxyl groups is 1. The molecule has 0 aliphatic heterocycles. The van der Waals surface area contributed by atoms with Crippen LogP contribution in [-0.2, 0) is 6.54 Å². The molecule has 0 amide bonds. The molecule has 120 valence electrons. The quantitative estimate of drug-likeness (QED) is 0.772. The van der Waals surface area contributed by atoms with Gasteiger partial charge in [-0.15, -0.1) is 0 Å². The standard InChI is InChI=1S/C18H25NO3/c1-3-11-19(13-18-10-9-15(2)22-18)12-16(20)14-21-17-7-5-4-6-8-17/h4-10,16,20H,3,11-14H2,1-2H3/t16-/m1/s1. The zero-order valence-electron chi connectivity index (χ0n) is 13.4. The Morgan fingerprint density at radius 3 is 2.59 bits per heavy atom. The van der Waals surface area contributed by atoms with Crippen molar-refractivity contribution < 1.29 is 14.3 Å². The van der Waals surface area contributed by atoms with Gasteiger partial charge in [0.1, 0.15) is 30.0 Å². The van der Waals surface area contributed by atoms with E-state index in [0.29, 0.717) is 19.7 Å². The van der Waals surface area contributed by atoms with E-state index < -0.39 is 6.10 Å². The number of para-hydroxylation sites is 1. The van der Waals surface area contributed by atoms with Crippen LogP contribution >= 0.6 is 0 Å². The summed E-state index contributed by atoms with van der Waals surface area (Å²) in [6, 6.07) is 13.5. The Morgan fingerprint density at radius 1 is 1.18 bits per heavy atom. The van der Waals surface area contributed by atoms with Crippen molar-refractivity contribution in [2.45, 2.75) is 32.9 Å². The van der Waals surface area contributed by atoms with Crippen molar-refractivity contribution in [3.63, 3.8) is 0 Å². The Morgan fingerprint density at radius 2 is 1.95 bits per heavy atom. The van der Waals surface area contributed by atoms with Gasteiger partial charge in [-0.2, -0.15) is 0 Å². The van der Waals surface area contributed by atoms with Gasteiger partial charge < -0.3 is 14.3 Å². The van der Waals surface area contributed by atoms with E-state index in [1.165, 1.54) is 0 Å². The lowest BCUT2D eigenvalue weighted by atomic mass is 10.3. The number of rotatable bonds is 9. The maximum atomic E-state index is 10.2. The van der Waals surface area contributed by atoms with Gasteiger partial charge in [-0.3, -0.25) is 4.90 Å². The number of aliphatic hydroxyl groups excluding tert-OH is 1. The molecule has 1 aromatic carbocycles. The third-order valence-electron chi connectivity index (χ3n) is 3.37. The van der Waals surface area contributed by atoms with Crippen LogP contribution in [0.3, 0.4) is 0 Å². The van der Waals surface area contributed by atoms with E-state index in [-0.39, 0.29) is 0 Å². The summed E-state index contributed by atoms with van der Waals surface area (Å²) in [5.41, 5.74) is 0. The normalized spacial score (nSPS) is 12.5. The first-order valence-electron chi connectivity index (χ1n) is 7.81. The lowest BCUT2D eigenvalue weighted by molar-refractivity contribution is 0.0632. The molecule has 2 rings (SSSR count). The molecule has 0 saturated heterocycles. The van der Waals surface area contributed by atoms with Crippen molar-refractivity contribution in [1.29, 1.82) is 0 Å². The van der Waals surface area contributed by atoms with Gasteiger partial charge in [0.15, 0.2) is 0 Å². The topological polar surface area (TPSA) is 45.8 Å². The van der Waals surface area contributed by atoms with Crippen LogP contribution in [0.25, 0.3) is 0 Å². The van der Waals surface area contributed by atoms with Gasteiger partial charge >= 0.3 is 0 Å². The summed E-state index contributed by atoms with van der Waals surface area (Å²) in [6.45, 7) is 6.57. The SMILES string of the molecule is CCCN(Cc1ccc(C)o1)C[C@@H](O)COc1ccccc1. The van der Waals surface area contributed by atoms with Gasteiger partial charge in [0.25, 0.3) is 0 Å². The molecular formula is C18H25NO3. The molecule has 1 N–H and O–H groups in total. The molecule has 0 aliphatic rings. The smallest absolute Gasteiger partial charge is 0.119 e. The molecule has 1 atom stereocenters. The van der Waals surface area contributed by atoms with Crippen LogP contribution in [0.2, 0.25) is 0 Å². The zero-order chi connectivity index (χ0) is 15.8. The van der Waals surface area contributed by atoms with Crippen molar-refractivity contribution in [2.24, 2.45) is 0 Å². The van der Waals surface area contributed by atoms with Crippen molar-refractivity contribution in [1.82, 2.24) is 4.90 Å². The number of benzene rings is 1. The number of furan rings is 1. The first-order valence-corrected chi connectivity index (χ1v) is 7.81. The van der Waals surface area contributed by atoms with Gasteiger partial charge in [0.2, 0.25) is 0 Å². The Kier molecular flexibility index (Phi) is 6.49. The summed E-state index contributed by atoms with van der Waals surface area (Å²) in [5, 5.41) is 10.2. The van der Waals surface area contributed by atoms with Gasteiger partial charge in [0.05, 0.1) is 6.54 Å². The summed E-state index contributed by atoms with van der Waals surface area (Å²) < 4.78 is 11.2. The maximum absolute atomic E-state index is 10.2. The van der Waals surface area contributed by atoms with Crippen molar-refractivity contribution in [3.8, 4) is 5.75 Å². The van der Waals surface area contributed by atoms with Crippen LogP contribution in [0.15, 0.2) is 46.9 Å². The molecule has 0 fully saturated rings. The van der Waals surface area contributed by atoms with E-state index in [1.807, 2.05) is 49.4 Å². The van der Waals surface area contributed by atoms with Crippen LogP contribution < -0.4 is 4.74 Å². The lowest BCUT2D eigenvalue weighted by Gasteiger charge is -2.23. The van der Waals surface area contributed by atoms with Crippen LogP contribution in [-0.4, -0.2) is 35.8 Å². The second kappa shape index (κ2) is 8.61. The molecule has 0 aliphatic carbocycles. The number of nitrogens with zero attached hydrogens (tertiary/aromatic N) is 1. The second-order valence-corrected chi connectivity index (χ2v) is 5.53. The Balaban J connectivity index is 1.81. The highest BCUT2D eigenvalue weighted by atomic mass is 16.5. The highest BCUT2D eigenvalue weighted by Gasteiger charge is 2.14. The van der Waals surface area contributed by atoms with Gasteiger partial charge in [-0.05, 0) is 44.2 Å². The predicted molar refractivity (Wildman–Crippen MR) is 87.0 cm³/mol. The molecule has 0 radical (unpaired) electrons. The molecule has 0 bridgehead atoms. The third kappa shape index (κ3) is 5.54. The molecular weight excluding hydrogens is 278 g/mol. The average molecular weight is 303 g/mol. The van der Waals surface area contributed by atoms with E-state index >= 15 is 0 Å². The third-order valence-corrected chi connectivity index (χ3v) is 3.37. The minimum Gasteiger partial charge on any atom is -0.491 e. The fourth-order valence-corrected chi connectivity index (χ4v) is 2.40. The lowest BCUT2D eigenvalue weighted by Crippen LogP contribution is -2.35. The number of ether oxygens (including phenoxy) is 1. The summed E-state index contributed by atoms with van der Waals surface area (Å²) in [4.78, 5) is 2.19. The largest absolute Gasteiger partial charge is 0.491 e. The predicted octanol–water partition coefficient (Wildman–Crippen LogP) is 3.24. The molecule has 4 heteroatoms. The van der Waals surface area contributed by atoms with E-state index in [0.717, 1.165) is 30.2 Å². The monoisotopic (exact) mass is 303 g/mol. The Bertz CT molecular complexity index is 538. The number of aryl methyl sites for hydroxylation is 1. The first kappa shape index (κ1) is 16.6. The summed E-state index contributed by atoms with van der Waals surface area (Å²) >= 11 is 0. The van der Waals surface area contributed by atoms with E-state index in [9.17, 15) is 5.11 Å². The fraction of sp³-hybridized carbons (Fsp3) is 0.444. The molecule has 2 aromatic rings. The van der Waals surface area contributed by atoms with Crippen LogP contribution in [0.4, 0.5) is 0 Å². The van der Waals surface area contributed by atoms with Gasteiger partial charge in [-0.1, -0.05) is 25.1 Å². The maximum Gasteiger partial charge on any atom is 0.119 e. The Hall–Kier alpha value is -1.78. The average Bonchev–Trinajstić information content (AvgIpc) is 2.91. The minimum absolute atomic E-state index is 0.293. The van der Waals surface area contributed by atoms with Gasteiger partial charge in [-0.25, -0.2) is 0 Å². The fourth-order valence-electron chi connectivity index (χ4n) is 2.40. The van der Waals surface area contributed by atoms with Crippen LogP contribution in [0, 0.1) is 6.92 Å². The molecule has 0 unspecified atom stereocenters. The molecule has 0 spiro atoms. The highest BCUT2D eigenvalue weighted by molar-refractivity contribution is 5.20. The highest BCUT2D eigenvalue weighted by Crippen LogP contribution is 2.12. The zero-order valence-corrected chi connectivity index (χ0v) is 13.4. The summed E-state index contributed by atoms with van der Waals surface area (Å²) in [5.74, 6) is 2.63. The molecule has 22 heavy (non-hydrogen) atoms. The summed E-state index contributed by atoms with van der Waals surface area (Å²) in [7, 11) is 0. The van der Waals surface area contributed by atoms with Crippen molar-refractivity contribution in [2.75, 3.05) is 19.7 Å². The number of hydrogen-bond donors (Lipinski definition) is 1. The molecule has 1 aromatic heterocycles. The van der Waals surface area contributed by atoms with Gasteiger partial charge in [0, 0.05) is 6.54 Å². The van der Waals surface area contributed by atoms with E-state index in [1.54, 1.807) is 0 Å². The second-order valence-electron chi connectivity index (χ2n) is 5.53. The molecule has 1 heterocycles. The van der Waals surface area contributed by atoms with Crippen LogP contribution in [0.5, 0.6) is 5.75 Å². The molecule has 4 nitrogen and oxygen atoms in total. The minimum atomic E-state index is -0.525. The molecule has 0 saturated carbocycles.